The monoisotopic (exact) mass is 247 g/mol. The summed E-state index contributed by atoms with van der Waals surface area (Å²) in [7, 11) is 0. The van der Waals surface area contributed by atoms with E-state index in [9.17, 15) is 0 Å². The Balaban J connectivity index is 2.15. The van der Waals surface area contributed by atoms with Gasteiger partial charge in [-0.25, -0.2) is 0 Å². The summed E-state index contributed by atoms with van der Waals surface area (Å²) in [6.07, 6.45) is 5.39. The normalized spacial score (nSPS) is 16.4. The molecule has 0 heterocycles. The maximum absolute atomic E-state index is 9.11. The number of nitrogens with zero attached hydrogens (tertiary/aromatic N) is 1. The van der Waals surface area contributed by atoms with Gasteiger partial charge >= 0.3 is 0 Å². The zero-order chi connectivity index (χ0) is 13.0. The second-order valence-electron chi connectivity index (χ2n) is 5.81. The van der Waals surface area contributed by atoms with Crippen molar-refractivity contribution in [3.63, 3.8) is 0 Å². The van der Waals surface area contributed by atoms with Crippen LogP contribution in [0.4, 0.5) is 5.69 Å². The molecule has 0 radical (unpaired) electrons. The van der Waals surface area contributed by atoms with Crippen molar-refractivity contribution in [3.05, 3.63) is 29.8 Å². The van der Waals surface area contributed by atoms with Crippen LogP contribution in [0.5, 0.6) is 0 Å². The van der Waals surface area contributed by atoms with Crippen LogP contribution in [-0.4, -0.2) is 17.7 Å². The topological polar surface area (TPSA) is 23.5 Å². The van der Waals surface area contributed by atoms with Crippen LogP contribution in [0.1, 0.15) is 45.1 Å². The van der Waals surface area contributed by atoms with E-state index in [1.54, 1.807) is 0 Å². The van der Waals surface area contributed by atoms with Crippen LogP contribution >= 0.6 is 0 Å². The highest BCUT2D eigenvalue weighted by molar-refractivity contribution is 5.48. The lowest BCUT2D eigenvalue weighted by atomic mass is 10.1. The molecule has 1 aliphatic carbocycles. The number of anilines is 1. The number of hydrogen-bond acceptors (Lipinski definition) is 2. The van der Waals surface area contributed by atoms with Crippen LogP contribution < -0.4 is 4.90 Å². The van der Waals surface area contributed by atoms with Gasteiger partial charge in [-0.1, -0.05) is 38.8 Å². The first-order valence-electron chi connectivity index (χ1n) is 7.17. The molecular formula is C16H25NO. The molecule has 1 saturated carbocycles. The molecule has 100 valence electrons. The summed E-state index contributed by atoms with van der Waals surface area (Å²) >= 11 is 0. The van der Waals surface area contributed by atoms with Crippen molar-refractivity contribution in [2.75, 3.05) is 11.4 Å². The largest absolute Gasteiger partial charge is 0.392 e. The Bertz CT molecular complexity index is 352. The zero-order valence-corrected chi connectivity index (χ0v) is 11.6. The van der Waals surface area contributed by atoms with Gasteiger partial charge in [0.25, 0.3) is 0 Å². The molecule has 1 aliphatic rings. The van der Waals surface area contributed by atoms with E-state index >= 15 is 0 Å². The molecular weight excluding hydrogens is 222 g/mol. The first-order valence-corrected chi connectivity index (χ1v) is 7.17. The fraction of sp³-hybridized carbons (Fsp3) is 0.625. The molecule has 0 aromatic heterocycles. The van der Waals surface area contributed by atoms with Gasteiger partial charge in [-0.3, -0.25) is 0 Å². The molecule has 2 heteroatoms. The fourth-order valence-electron chi connectivity index (χ4n) is 2.87. The van der Waals surface area contributed by atoms with Gasteiger partial charge in [0.1, 0.15) is 0 Å². The Hall–Kier alpha value is -1.02. The molecule has 1 fully saturated rings. The second-order valence-corrected chi connectivity index (χ2v) is 5.81. The maximum atomic E-state index is 9.11. The van der Waals surface area contributed by atoms with Gasteiger partial charge in [0.15, 0.2) is 0 Å². The number of hydrogen-bond donors (Lipinski definition) is 1. The van der Waals surface area contributed by atoms with Crippen LogP contribution in [0, 0.1) is 5.92 Å². The lowest BCUT2D eigenvalue weighted by Crippen LogP contribution is -2.36. The number of benzene rings is 1. The average Bonchev–Trinajstić information content (AvgIpc) is 2.89. The third-order valence-corrected chi connectivity index (χ3v) is 3.78. The van der Waals surface area contributed by atoms with Gasteiger partial charge in [-0.15, -0.1) is 0 Å². The van der Waals surface area contributed by atoms with E-state index in [-0.39, 0.29) is 6.61 Å². The Morgan fingerprint density at radius 3 is 2.28 bits per heavy atom. The van der Waals surface area contributed by atoms with Crippen LogP contribution in [0.15, 0.2) is 24.3 Å². The van der Waals surface area contributed by atoms with Crippen molar-refractivity contribution in [2.24, 2.45) is 5.92 Å². The summed E-state index contributed by atoms with van der Waals surface area (Å²) in [5, 5.41) is 9.11. The summed E-state index contributed by atoms with van der Waals surface area (Å²) in [4.78, 5) is 2.57. The van der Waals surface area contributed by atoms with E-state index in [1.165, 1.54) is 31.4 Å². The van der Waals surface area contributed by atoms with E-state index in [4.69, 9.17) is 5.11 Å². The molecule has 18 heavy (non-hydrogen) atoms. The van der Waals surface area contributed by atoms with Crippen LogP contribution in [-0.2, 0) is 6.61 Å². The average molecular weight is 247 g/mol. The minimum Gasteiger partial charge on any atom is -0.392 e. The molecule has 2 nitrogen and oxygen atoms in total. The quantitative estimate of drug-likeness (QED) is 0.859. The van der Waals surface area contributed by atoms with E-state index in [0.717, 1.165) is 12.1 Å². The molecule has 2 rings (SSSR count). The van der Waals surface area contributed by atoms with Crippen LogP contribution in [0.25, 0.3) is 0 Å². The molecule has 1 aromatic rings. The predicted octanol–water partition coefficient (Wildman–Crippen LogP) is 3.58. The van der Waals surface area contributed by atoms with E-state index in [1.807, 2.05) is 12.1 Å². The summed E-state index contributed by atoms with van der Waals surface area (Å²) in [6, 6.07) is 9.11. The Kier molecular flexibility index (Phi) is 4.65. The van der Waals surface area contributed by atoms with Crippen molar-refractivity contribution in [3.8, 4) is 0 Å². The van der Waals surface area contributed by atoms with Crippen molar-refractivity contribution in [1.82, 2.24) is 0 Å². The van der Waals surface area contributed by atoms with Gasteiger partial charge < -0.3 is 10.0 Å². The SMILES string of the molecule is CC(C)CN(c1ccc(CO)cc1)C1CCCC1. The highest BCUT2D eigenvalue weighted by Gasteiger charge is 2.23. The third-order valence-electron chi connectivity index (χ3n) is 3.78. The van der Waals surface area contributed by atoms with Gasteiger partial charge in [-0.2, -0.15) is 0 Å². The molecule has 0 aliphatic heterocycles. The predicted molar refractivity (Wildman–Crippen MR) is 76.8 cm³/mol. The third kappa shape index (κ3) is 3.26. The summed E-state index contributed by atoms with van der Waals surface area (Å²) in [5.74, 6) is 0.683. The Labute approximate surface area is 111 Å². The van der Waals surface area contributed by atoms with Crippen molar-refractivity contribution < 1.29 is 5.11 Å². The Morgan fingerprint density at radius 1 is 1.17 bits per heavy atom. The van der Waals surface area contributed by atoms with Gasteiger partial charge in [0.2, 0.25) is 0 Å². The molecule has 1 N–H and O–H groups in total. The van der Waals surface area contributed by atoms with E-state index < -0.39 is 0 Å². The fourth-order valence-corrected chi connectivity index (χ4v) is 2.87. The first kappa shape index (κ1) is 13.4. The number of rotatable bonds is 5. The van der Waals surface area contributed by atoms with Crippen molar-refractivity contribution in [2.45, 2.75) is 52.2 Å². The molecule has 0 amide bonds. The highest BCUT2D eigenvalue weighted by Crippen LogP contribution is 2.29. The van der Waals surface area contributed by atoms with Crippen molar-refractivity contribution >= 4 is 5.69 Å². The second kappa shape index (κ2) is 6.24. The number of aliphatic hydroxyl groups is 1. The molecule has 0 bridgehead atoms. The maximum Gasteiger partial charge on any atom is 0.0681 e. The zero-order valence-electron chi connectivity index (χ0n) is 11.6. The minimum absolute atomic E-state index is 0.133. The molecule has 1 aromatic carbocycles. The molecule has 0 atom stereocenters. The van der Waals surface area contributed by atoms with Gasteiger partial charge in [-0.05, 0) is 36.5 Å². The smallest absolute Gasteiger partial charge is 0.0681 e. The number of aliphatic hydroxyl groups excluding tert-OH is 1. The summed E-state index contributed by atoms with van der Waals surface area (Å²) in [6.45, 7) is 5.82. The highest BCUT2D eigenvalue weighted by atomic mass is 16.3. The lowest BCUT2D eigenvalue weighted by molar-refractivity contribution is 0.282. The summed E-state index contributed by atoms with van der Waals surface area (Å²) in [5.41, 5.74) is 2.31. The molecule has 0 saturated heterocycles. The van der Waals surface area contributed by atoms with Crippen LogP contribution in [0.2, 0.25) is 0 Å². The Morgan fingerprint density at radius 2 is 1.78 bits per heavy atom. The van der Waals surface area contributed by atoms with Crippen LogP contribution in [0.3, 0.4) is 0 Å². The lowest BCUT2D eigenvalue weighted by Gasteiger charge is -2.33. The standard InChI is InChI=1S/C16H25NO/c1-13(2)11-17(15-5-3-4-6-15)16-9-7-14(12-18)8-10-16/h7-10,13,15,18H,3-6,11-12H2,1-2H3. The van der Waals surface area contributed by atoms with E-state index in [2.05, 4.69) is 30.9 Å². The minimum atomic E-state index is 0.133. The van der Waals surface area contributed by atoms with Crippen molar-refractivity contribution in [1.29, 1.82) is 0 Å². The summed E-state index contributed by atoms with van der Waals surface area (Å²) < 4.78 is 0. The molecule has 0 spiro atoms. The first-order chi connectivity index (χ1) is 8.70. The van der Waals surface area contributed by atoms with Gasteiger partial charge in [0, 0.05) is 18.3 Å². The molecule has 0 unspecified atom stereocenters. The van der Waals surface area contributed by atoms with Gasteiger partial charge in [0.05, 0.1) is 6.61 Å². The van der Waals surface area contributed by atoms with E-state index in [0.29, 0.717) is 12.0 Å².